The molecule has 172 valence electrons. The van der Waals surface area contributed by atoms with Crippen molar-refractivity contribution in [2.45, 2.75) is 70.9 Å². The fourth-order valence-corrected chi connectivity index (χ4v) is 4.51. The number of nitrogens with zero attached hydrogens (tertiary/aromatic N) is 3. The number of nitrogens with one attached hydrogen (secondary N) is 2. The third kappa shape index (κ3) is 7.67. The molecule has 0 saturated heterocycles. The molecule has 2 N–H and O–H groups in total. The molecule has 1 heterocycles. The van der Waals surface area contributed by atoms with E-state index in [1.807, 2.05) is 13.2 Å². The Labute approximate surface area is 182 Å². The first-order chi connectivity index (χ1) is 14.5. The Kier molecular flexibility index (Phi) is 10.8. The minimum atomic E-state index is 0.304. The van der Waals surface area contributed by atoms with Gasteiger partial charge in [0.05, 0.1) is 6.20 Å². The van der Waals surface area contributed by atoms with Crippen LogP contribution in [0, 0.1) is 5.92 Å². The van der Waals surface area contributed by atoms with Crippen LogP contribution in [0.4, 0.5) is 0 Å². The highest BCUT2D eigenvalue weighted by atomic mass is 16.5. The van der Waals surface area contributed by atoms with Crippen LogP contribution in [0.3, 0.4) is 0 Å². The molecule has 0 aliphatic heterocycles. The van der Waals surface area contributed by atoms with Crippen molar-refractivity contribution >= 4 is 5.91 Å². The molecule has 2 rings (SSSR count). The molecular formula is C23H43N5O2. The lowest BCUT2D eigenvalue weighted by atomic mass is 9.82. The molecule has 1 aliphatic rings. The van der Waals surface area contributed by atoms with E-state index >= 15 is 0 Å². The van der Waals surface area contributed by atoms with Crippen LogP contribution in [0.5, 0.6) is 0 Å². The normalized spacial score (nSPS) is 19.6. The minimum absolute atomic E-state index is 0.304. The molecule has 0 aromatic carbocycles. The van der Waals surface area contributed by atoms with E-state index < -0.39 is 0 Å². The number of aromatic nitrogens is 2. The molecule has 7 heteroatoms. The largest absolute Gasteiger partial charge is 0.385 e. The Morgan fingerprint density at radius 2 is 2.03 bits per heavy atom. The Morgan fingerprint density at radius 1 is 1.30 bits per heavy atom. The molecule has 1 saturated carbocycles. The topological polar surface area (TPSA) is 73.5 Å². The molecule has 1 amide bonds. The molecule has 0 atom stereocenters. The van der Waals surface area contributed by atoms with Gasteiger partial charge in [0.25, 0.3) is 0 Å². The van der Waals surface area contributed by atoms with E-state index in [4.69, 9.17) is 4.74 Å². The van der Waals surface area contributed by atoms with E-state index in [1.165, 1.54) is 11.3 Å². The number of carbonyl (C=O) groups is 1. The van der Waals surface area contributed by atoms with Gasteiger partial charge in [-0.05, 0) is 52.1 Å². The van der Waals surface area contributed by atoms with Gasteiger partial charge in [0.2, 0.25) is 5.91 Å². The lowest BCUT2D eigenvalue weighted by Crippen LogP contribution is -2.43. The highest BCUT2D eigenvalue weighted by Gasteiger charge is 2.30. The van der Waals surface area contributed by atoms with Crippen molar-refractivity contribution < 1.29 is 9.53 Å². The van der Waals surface area contributed by atoms with Crippen LogP contribution in [0.25, 0.3) is 0 Å². The van der Waals surface area contributed by atoms with E-state index in [9.17, 15) is 4.79 Å². The molecule has 0 bridgehead atoms. The lowest BCUT2D eigenvalue weighted by molar-refractivity contribution is -0.135. The molecule has 30 heavy (non-hydrogen) atoms. The summed E-state index contributed by atoms with van der Waals surface area (Å²) in [6, 6.07) is 0.356. The average molecular weight is 422 g/mol. The van der Waals surface area contributed by atoms with Crippen LogP contribution in [-0.4, -0.2) is 79.4 Å². The molecule has 1 aromatic rings. The van der Waals surface area contributed by atoms with Crippen LogP contribution in [0.15, 0.2) is 6.20 Å². The zero-order valence-corrected chi connectivity index (χ0v) is 19.7. The van der Waals surface area contributed by atoms with Crippen LogP contribution < -0.4 is 5.32 Å². The molecule has 0 spiro atoms. The van der Waals surface area contributed by atoms with Gasteiger partial charge in [0.1, 0.15) is 0 Å². The summed E-state index contributed by atoms with van der Waals surface area (Å²) in [4.78, 5) is 17.4. The summed E-state index contributed by atoms with van der Waals surface area (Å²) in [5.74, 6) is 1.21. The van der Waals surface area contributed by atoms with E-state index in [1.54, 1.807) is 7.11 Å². The molecule has 0 unspecified atom stereocenters. The first kappa shape index (κ1) is 24.8. The van der Waals surface area contributed by atoms with Crippen molar-refractivity contribution in [1.29, 1.82) is 0 Å². The van der Waals surface area contributed by atoms with E-state index in [0.717, 1.165) is 58.3 Å². The van der Waals surface area contributed by atoms with Gasteiger partial charge in [0, 0.05) is 69.5 Å². The van der Waals surface area contributed by atoms with Crippen LogP contribution in [0.2, 0.25) is 0 Å². The number of aromatic amines is 1. The highest BCUT2D eigenvalue weighted by molar-refractivity contribution is 5.76. The number of amides is 1. The van der Waals surface area contributed by atoms with Crippen molar-refractivity contribution in [2.75, 3.05) is 47.4 Å². The number of hydrogen-bond acceptors (Lipinski definition) is 5. The van der Waals surface area contributed by atoms with Crippen LogP contribution >= 0.6 is 0 Å². The highest BCUT2D eigenvalue weighted by Crippen LogP contribution is 2.36. The minimum Gasteiger partial charge on any atom is -0.385 e. The standard InChI is InChI=1S/C23H43N5O2/c1-18(2)15-22(29)28(12-6-14-30-5)21-9-7-19(8-10-21)23-20(16-25-26-23)17-27(4)13-11-24-3/h16,18-19,21,24H,6-15,17H2,1-5H3,(H,25,26). The fraction of sp³-hybridized carbons (Fsp3) is 0.826. The Morgan fingerprint density at radius 3 is 2.67 bits per heavy atom. The Hall–Kier alpha value is -1.44. The van der Waals surface area contributed by atoms with Gasteiger partial charge in [-0.1, -0.05) is 13.8 Å². The van der Waals surface area contributed by atoms with Gasteiger partial charge in [-0.25, -0.2) is 0 Å². The van der Waals surface area contributed by atoms with Crippen LogP contribution in [-0.2, 0) is 16.1 Å². The third-order valence-electron chi connectivity index (χ3n) is 6.13. The van der Waals surface area contributed by atoms with Gasteiger partial charge in [-0.15, -0.1) is 0 Å². The first-order valence-electron chi connectivity index (χ1n) is 11.6. The van der Waals surface area contributed by atoms with Gasteiger partial charge in [-0.2, -0.15) is 5.10 Å². The first-order valence-corrected chi connectivity index (χ1v) is 11.6. The van der Waals surface area contributed by atoms with Crippen molar-refractivity contribution in [1.82, 2.24) is 25.3 Å². The van der Waals surface area contributed by atoms with E-state index in [2.05, 4.69) is 46.2 Å². The van der Waals surface area contributed by atoms with Gasteiger partial charge in [-0.3, -0.25) is 9.89 Å². The van der Waals surface area contributed by atoms with Crippen molar-refractivity contribution in [3.63, 3.8) is 0 Å². The second kappa shape index (κ2) is 13.1. The number of likely N-dealkylation sites (N-methyl/N-ethyl adjacent to an activating group) is 2. The maximum Gasteiger partial charge on any atom is 0.223 e. The molecular weight excluding hydrogens is 378 g/mol. The predicted molar refractivity (Wildman–Crippen MR) is 122 cm³/mol. The van der Waals surface area contributed by atoms with Crippen molar-refractivity contribution in [3.05, 3.63) is 17.5 Å². The predicted octanol–water partition coefficient (Wildman–Crippen LogP) is 3.00. The molecule has 0 radical (unpaired) electrons. The van der Waals surface area contributed by atoms with E-state index in [0.29, 0.717) is 36.8 Å². The number of rotatable bonds is 13. The monoisotopic (exact) mass is 421 g/mol. The second-order valence-corrected chi connectivity index (χ2v) is 9.19. The SMILES string of the molecule is CNCCN(C)Cc1cn[nH]c1C1CCC(N(CCCOC)C(=O)CC(C)C)CC1. The summed E-state index contributed by atoms with van der Waals surface area (Å²) >= 11 is 0. The third-order valence-corrected chi connectivity index (χ3v) is 6.13. The fourth-order valence-electron chi connectivity index (χ4n) is 4.51. The average Bonchev–Trinajstić information content (AvgIpc) is 3.17. The number of hydrogen-bond donors (Lipinski definition) is 2. The summed E-state index contributed by atoms with van der Waals surface area (Å²) in [6.45, 7) is 8.68. The smallest absolute Gasteiger partial charge is 0.223 e. The number of H-pyrrole nitrogens is 1. The quantitative estimate of drug-likeness (QED) is 0.479. The maximum absolute atomic E-state index is 12.9. The summed E-state index contributed by atoms with van der Waals surface area (Å²) in [7, 11) is 5.87. The molecule has 1 fully saturated rings. The second-order valence-electron chi connectivity index (χ2n) is 9.19. The Bertz CT molecular complexity index is 610. The summed E-state index contributed by atoms with van der Waals surface area (Å²) in [6.07, 6.45) is 7.87. The number of ether oxygens (including phenoxy) is 1. The van der Waals surface area contributed by atoms with E-state index in [-0.39, 0.29) is 0 Å². The van der Waals surface area contributed by atoms with Crippen molar-refractivity contribution in [3.8, 4) is 0 Å². The molecule has 1 aliphatic carbocycles. The zero-order chi connectivity index (χ0) is 21.9. The van der Waals surface area contributed by atoms with Crippen LogP contribution in [0.1, 0.15) is 69.5 Å². The lowest BCUT2D eigenvalue weighted by Gasteiger charge is -2.37. The summed E-state index contributed by atoms with van der Waals surface area (Å²) in [5, 5.41) is 10.8. The van der Waals surface area contributed by atoms with Crippen molar-refractivity contribution in [2.24, 2.45) is 5.92 Å². The Balaban J connectivity index is 1.95. The van der Waals surface area contributed by atoms with Gasteiger partial charge < -0.3 is 19.9 Å². The molecule has 1 aromatic heterocycles. The summed E-state index contributed by atoms with van der Waals surface area (Å²) in [5.41, 5.74) is 2.61. The maximum atomic E-state index is 12.9. The summed E-state index contributed by atoms with van der Waals surface area (Å²) < 4.78 is 5.22. The zero-order valence-electron chi connectivity index (χ0n) is 19.7. The number of carbonyl (C=O) groups excluding carboxylic acids is 1. The van der Waals surface area contributed by atoms with Gasteiger partial charge >= 0.3 is 0 Å². The number of methoxy groups -OCH3 is 1. The molecule has 7 nitrogen and oxygen atoms in total. The van der Waals surface area contributed by atoms with Gasteiger partial charge in [0.15, 0.2) is 0 Å².